The molecule has 1 aliphatic heterocycles. The van der Waals surface area contributed by atoms with E-state index in [1.54, 1.807) is 11.4 Å². The molecule has 31 heavy (non-hydrogen) atoms. The van der Waals surface area contributed by atoms with Gasteiger partial charge in [0.05, 0.1) is 16.1 Å². The first kappa shape index (κ1) is 22.0. The molecule has 1 aliphatic rings. The minimum absolute atomic E-state index is 0.0488. The maximum Gasteiger partial charge on any atom is 0.434 e. The summed E-state index contributed by atoms with van der Waals surface area (Å²) in [7, 11) is 0. The Bertz CT molecular complexity index is 1100. The number of nitrogens with zero attached hydrogens (tertiary/aromatic N) is 5. The van der Waals surface area contributed by atoms with E-state index in [0.29, 0.717) is 35.1 Å². The van der Waals surface area contributed by atoms with Crippen LogP contribution in [-0.4, -0.2) is 38.7 Å². The second-order valence-electron chi connectivity index (χ2n) is 8.20. The van der Waals surface area contributed by atoms with Gasteiger partial charge < -0.3 is 10.6 Å². The molecule has 2 N–H and O–H groups in total. The summed E-state index contributed by atoms with van der Waals surface area (Å²) < 4.78 is 43.7. The lowest BCUT2D eigenvalue weighted by Crippen LogP contribution is -2.26. The van der Waals surface area contributed by atoms with E-state index in [1.165, 1.54) is 0 Å². The van der Waals surface area contributed by atoms with E-state index in [0.717, 1.165) is 42.0 Å². The van der Waals surface area contributed by atoms with Crippen LogP contribution in [0.3, 0.4) is 0 Å². The number of halogens is 3. The summed E-state index contributed by atoms with van der Waals surface area (Å²) in [5, 5.41) is 4.97. The molecule has 4 heterocycles. The lowest BCUT2D eigenvalue weighted by atomic mass is 9.98. The van der Waals surface area contributed by atoms with Crippen molar-refractivity contribution in [1.29, 1.82) is 0 Å². The monoisotopic (exact) mass is 452 g/mol. The molecular formula is C21H27F3N6S. The molecule has 1 saturated heterocycles. The molecule has 1 unspecified atom stereocenters. The summed E-state index contributed by atoms with van der Waals surface area (Å²) in [4.78, 5) is 10.5. The molecule has 10 heteroatoms. The number of aromatic nitrogens is 4. The average Bonchev–Trinajstić information content (AvgIpc) is 3.38. The summed E-state index contributed by atoms with van der Waals surface area (Å²) in [5.41, 5.74) is 8.21. The third kappa shape index (κ3) is 3.91. The first-order chi connectivity index (χ1) is 14.6. The molecule has 0 bridgehead atoms. The molecule has 0 amide bonds. The fraction of sp³-hybridized carbons (Fsp3) is 0.571. The van der Waals surface area contributed by atoms with Crippen LogP contribution in [0.25, 0.3) is 16.1 Å². The van der Waals surface area contributed by atoms with Crippen molar-refractivity contribution in [3.8, 4) is 10.4 Å². The molecule has 1 atom stereocenters. The number of hydrogen-bond donors (Lipinski definition) is 1. The van der Waals surface area contributed by atoms with Gasteiger partial charge in [0.15, 0.2) is 16.5 Å². The molecule has 0 aromatic carbocycles. The lowest BCUT2D eigenvalue weighted by Gasteiger charge is -2.15. The van der Waals surface area contributed by atoms with Crippen LogP contribution < -0.4 is 10.6 Å². The Balaban J connectivity index is 1.94. The minimum atomic E-state index is -4.57. The van der Waals surface area contributed by atoms with Gasteiger partial charge in [-0.05, 0) is 39.2 Å². The smallest absolute Gasteiger partial charge is 0.346 e. The molecule has 4 rings (SSSR count). The molecular weight excluding hydrogens is 425 g/mol. The van der Waals surface area contributed by atoms with E-state index < -0.39 is 11.9 Å². The molecule has 0 saturated carbocycles. The Labute approximate surface area is 183 Å². The van der Waals surface area contributed by atoms with Gasteiger partial charge in [-0.15, -0.1) is 0 Å². The van der Waals surface area contributed by atoms with Crippen LogP contribution >= 0.6 is 11.3 Å². The molecule has 1 fully saturated rings. The van der Waals surface area contributed by atoms with Gasteiger partial charge in [-0.25, -0.2) is 14.5 Å². The predicted molar refractivity (Wildman–Crippen MR) is 117 cm³/mol. The topological polar surface area (TPSA) is 72.3 Å². The van der Waals surface area contributed by atoms with Gasteiger partial charge in [-0.1, -0.05) is 25.2 Å². The van der Waals surface area contributed by atoms with Crippen molar-refractivity contribution in [2.75, 3.05) is 18.0 Å². The van der Waals surface area contributed by atoms with Crippen LogP contribution in [-0.2, 0) is 6.18 Å². The van der Waals surface area contributed by atoms with Crippen molar-refractivity contribution >= 4 is 22.1 Å². The zero-order valence-electron chi connectivity index (χ0n) is 18.1. The molecule has 6 nitrogen and oxygen atoms in total. The van der Waals surface area contributed by atoms with E-state index in [-0.39, 0.29) is 16.8 Å². The SMILES string of the molecule is CCC(CC)c1cc(C)nc2c(-c3sc(N4CCC(N)C4)nc3C(F)(F)F)c(C)nn12. The number of hydrogen-bond acceptors (Lipinski definition) is 6. The van der Waals surface area contributed by atoms with Crippen molar-refractivity contribution in [2.45, 2.75) is 65.1 Å². The van der Waals surface area contributed by atoms with E-state index in [9.17, 15) is 13.2 Å². The number of alkyl halides is 3. The van der Waals surface area contributed by atoms with Gasteiger partial charge in [-0.3, -0.25) is 0 Å². The first-order valence-corrected chi connectivity index (χ1v) is 11.4. The van der Waals surface area contributed by atoms with Crippen LogP contribution in [0.5, 0.6) is 0 Å². The zero-order chi connectivity index (χ0) is 22.5. The number of nitrogens with two attached hydrogens (primary N) is 1. The Morgan fingerprint density at radius 1 is 1.23 bits per heavy atom. The summed E-state index contributed by atoms with van der Waals surface area (Å²) in [6.07, 6.45) is -2.01. The normalized spacial score (nSPS) is 17.5. The van der Waals surface area contributed by atoms with Gasteiger partial charge in [0, 0.05) is 36.4 Å². The van der Waals surface area contributed by atoms with Crippen molar-refractivity contribution in [3.05, 3.63) is 28.8 Å². The second kappa shape index (κ2) is 8.05. The molecule has 0 spiro atoms. The number of fused-ring (bicyclic) bond motifs is 1. The van der Waals surface area contributed by atoms with Gasteiger partial charge in [-0.2, -0.15) is 18.3 Å². The first-order valence-electron chi connectivity index (χ1n) is 10.6. The highest BCUT2D eigenvalue weighted by molar-refractivity contribution is 7.19. The third-order valence-corrected chi connectivity index (χ3v) is 7.06. The fourth-order valence-corrected chi connectivity index (χ4v) is 5.52. The third-order valence-electron chi connectivity index (χ3n) is 5.93. The molecule has 168 valence electrons. The van der Waals surface area contributed by atoms with Gasteiger partial charge in [0.1, 0.15) is 0 Å². The van der Waals surface area contributed by atoms with Gasteiger partial charge in [0.25, 0.3) is 0 Å². The highest BCUT2D eigenvalue weighted by Crippen LogP contribution is 2.45. The van der Waals surface area contributed by atoms with Crippen LogP contribution in [0.1, 0.15) is 61.8 Å². The van der Waals surface area contributed by atoms with Crippen molar-refractivity contribution in [2.24, 2.45) is 5.73 Å². The van der Waals surface area contributed by atoms with Crippen LogP contribution in [0, 0.1) is 13.8 Å². The molecule has 0 radical (unpaired) electrons. The van der Waals surface area contributed by atoms with Crippen molar-refractivity contribution in [1.82, 2.24) is 19.6 Å². The number of rotatable bonds is 5. The standard InChI is InChI=1S/C21H27F3N6S/c1-5-13(6-2)15-9-11(3)26-19-16(12(4)28-30(15)19)17-18(21(22,23)24)27-20(31-17)29-8-7-14(25)10-29/h9,13-14H,5-8,10,25H2,1-4H3. The number of thiazole rings is 1. The summed E-state index contributed by atoms with van der Waals surface area (Å²) in [6, 6.07) is 1.93. The average molecular weight is 453 g/mol. The van der Waals surface area contributed by atoms with Crippen molar-refractivity contribution < 1.29 is 13.2 Å². The molecule has 3 aromatic heterocycles. The van der Waals surface area contributed by atoms with Crippen LogP contribution in [0.15, 0.2) is 6.07 Å². The Kier molecular flexibility index (Phi) is 5.72. The largest absolute Gasteiger partial charge is 0.434 e. The van der Waals surface area contributed by atoms with Crippen molar-refractivity contribution in [3.63, 3.8) is 0 Å². The molecule has 3 aromatic rings. The Morgan fingerprint density at radius 3 is 2.52 bits per heavy atom. The summed E-state index contributed by atoms with van der Waals surface area (Å²) in [6.45, 7) is 8.92. The van der Waals surface area contributed by atoms with Crippen LogP contribution in [0.2, 0.25) is 0 Å². The minimum Gasteiger partial charge on any atom is -0.346 e. The fourth-order valence-electron chi connectivity index (χ4n) is 4.30. The molecule has 0 aliphatic carbocycles. The zero-order valence-corrected chi connectivity index (χ0v) is 18.9. The van der Waals surface area contributed by atoms with E-state index in [1.807, 2.05) is 17.9 Å². The van der Waals surface area contributed by atoms with Crippen LogP contribution in [0.4, 0.5) is 18.3 Å². The predicted octanol–water partition coefficient (Wildman–Crippen LogP) is 4.93. The number of anilines is 1. The number of aryl methyl sites for hydroxylation is 2. The highest BCUT2D eigenvalue weighted by Gasteiger charge is 2.40. The van der Waals surface area contributed by atoms with E-state index in [4.69, 9.17) is 5.73 Å². The summed E-state index contributed by atoms with van der Waals surface area (Å²) >= 11 is 1.05. The Morgan fingerprint density at radius 2 is 1.94 bits per heavy atom. The maximum atomic E-state index is 14.0. The lowest BCUT2D eigenvalue weighted by molar-refractivity contribution is -0.140. The van der Waals surface area contributed by atoms with E-state index >= 15 is 0 Å². The van der Waals surface area contributed by atoms with Gasteiger partial charge >= 0.3 is 6.18 Å². The van der Waals surface area contributed by atoms with Gasteiger partial charge in [0.2, 0.25) is 0 Å². The second-order valence-corrected chi connectivity index (χ2v) is 9.18. The maximum absolute atomic E-state index is 14.0. The highest BCUT2D eigenvalue weighted by atomic mass is 32.1. The Hall–Kier alpha value is -2.20. The summed E-state index contributed by atoms with van der Waals surface area (Å²) in [5.74, 6) is 0.251. The quantitative estimate of drug-likeness (QED) is 0.594. The van der Waals surface area contributed by atoms with E-state index in [2.05, 4.69) is 28.9 Å².